The van der Waals surface area contributed by atoms with Crippen molar-refractivity contribution in [3.05, 3.63) is 66.5 Å². The Morgan fingerprint density at radius 1 is 1.15 bits per heavy atom. The van der Waals surface area contributed by atoms with E-state index in [4.69, 9.17) is 0 Å². The molecule has 26 heavy (non-hydrogen) atoms. The van der Waals surface area contributed by atoms with Crippen molar-refractivity contribution in [2.75, 3.05) is 18.0 Å². The molecule has 2 aromatic heterocycles. The quantitative estimate of drug-likeness (QED) is 0.761. The number of H-pyrrole nitrogens is 1. The predicted molar refractivity (Wildman–Crippen MR) is 101 cm³/mol. The summed E-state index contributed by atoms with van der Waals surface area (Å²) in [4.78, 5) is 18.5. The van der Waals surface area contributed by atoms with Gasteiger partial charge in [0.2, 0.25) is 0 Å². The van der Waals surface area contributed by atoms with Gasteiger partial charge in [0, 0.05) is 43.2 Å². The van der Waals surface area contributed by atoms with Gasteiger partial charge in [-0.3, -0.25) is 14.9 Å². The summed E-state index contributed by atoms with van der Waals surface area (Å²) >= 11 is 0. The highest BCUT2D eigenvalue weighted by molar-refractivity contribution is 5.94. The van der Waals surface area contributed by atoms with Crippen molar-refractivity contribution in [2.24, 2.45) is 0 Å². The molecule has 1 unspecified atom stereocenters. The van der Waals surface area contributed by atoms with Crippen molar-refractivity contribution in [3.8, 4) is 11.3 Å². The fourth-order valence-corrected chi connectivity index (χ4v) is 3.31. The van der Waals surface area contributed by atoms with Gasteiger partial charge in [-0.15, -0.1) is 0 Å². The summed E-state index contributed by atoms with van der Waals surface area (Å²) in [5.74, 6) is 0.873. The lowest BCUT2D eigenvalue weighted by molar-refractivity contribution is 0.0933. The fraction of sp³-hybridized carbons (Fsp3) is 0.250. The lowest BCUT2D eigenvalue weighted by Crippen LogP contribution is -2.48. The molecule has 0 spiro atoms. The number of pyridine rings is 1. The smallest absolute Gasteiger partial charge is 0.251 e. The van der Waals surface area contributed by atoms with E-state index in [0.29, 0.717) is 5.56 Å². The molecule has 132 valence electrons. The van der Waals surface area contributed by atoms with Gasteiger partial charge in [-0.1, -0.05) is 30.3 Å². The zero-order valence-electron chi connectivity index (χ0n) is 14.4. The van der Waals surface area contributed by atoms with E-state index in [0.717, 1.165) is 43.0 Å². The molecule has 1 aliphatic heterocycles. The number of carbonyl (C=O) groups excluding carboxylic acids is 1. The molecule has 1 aliphatic rings. The number of hydrogen-bond acceptors (Lipinski definition) is 4. The Kier molecular flexibility index (Phi) is 4.64. The second kappa shape index (κ2) is 7.39. The van der Waals surface area contributed by atoms with E-state index in [-0.39, 0.29) is 11.9 Å². The molecule has 3 heterocycles. The minimum absolute atomic E-state index is 0.0498. The Labute approximate surface area is 152 Å². The van der Waals surface area contributed by atoms with E-state index in [1.165, 1.54) is 0 Å². The molecule has 1 atom stereocenters. The molecule has 0 bridgehead atoms. The first kappa shape index (κ1) is 16.3. The van der Waals surface area contributed by atoms with Crippen LogP contribution in [0.5, 0.6) is 0 Å². The van der Waals surface area contributed by atoms with E-state index in [1.807, 2.05) is 18.2 Å². The van der Waals surface area contributed by atoms with E-state index >= 15 is 0 Å². The van der Waals surface area contributed by atoms with Gasteiger partial charge < -0.3 is 10.2 Å². The van der Waals surface area contributed by atoms with Crippen LogP contribution in [0.4, 0.5) is 5.82 Å². The maximum Gasteiger partial charge on any atom is 0.251 e. The number of carbonyl (C=O) groups is 1. The van der Waals surface area contributed by atoms with Crippen LogP contribution in [-0.2, 0) is 0 Å². The van der Waals surface area contributed by atoms with Crippen molar-refractivity contribution in [2.45, 2.75) is 18.9 Å². The lowest BCUT2D eigenvalue weighted by Gasteiger charge is -2.33. The van der Waals surface area contributed by atoms with Gasteiger partial charge in [0.25, 0.3) is 5.91 Å². The monoisotopic (exact) mass is 347 g/mol. The van der Waals surface area contributed by atoms with Gasteiger partial charge in [0.05, 0.1) is 5.69 Å². The first-order valence-electron chi connectivity index (χ1n) is 8.86. The molecule has 4 rings (SSSR count). The van der Waals surface area contributed by atoms with Crippen molar-refractivity contribution in [1.29, 1.82) is 0 Å². The topological polar surface area (TPSA) is 73.9 Å². The van der Waals surface area contributed by atoms with Gasteiger partial charge in [0.1, 0.15) is 0 Å². The third-order valence-corrected chi connectivity index (χ3v) is 4.67. The van der Waals surface area contributed by atoms with Crippen LogP contribution in [0.25, 0.3) is 11.3 Å². The summed E-state index contributed by atoms with van der Waals surface area (Å²) in [6, 6.07) is 15.8. The number of piperidine rings is 1. The largest absolute Gasteiger partial charge is 0.353 e. The van der Waals surface area contributed by atoms with Gasteiger partial charge >= 0.3 is 0 Å². The molecule has 1 aromatic carbocycles. The molecule has 2 N–H and O–H groups in total. The van der Waals surface area contributed by atoms with Crippen molar-refractivity contribution in [1.82, 2.24) is 20.5 Å². The minimum atomic E-state index is -0.0498. The van der Waals surface area contributed by atoms with Gasteiger partial charge in [-0.2, -0.15) is 5.10 Å². The molecular formula is C20H21N5O. The van der Waals surface area contributed by atoms with E-state index < -0.39 is 0 Å². The van der Waals surface area contributed by atoms with Crippen LogP contribution in [0, 0.1) is 0 Å². The van der Waals surface area contributed by atoms with E-state index in [9.17, 15) is 4.79 Å². The molecular weight excluding hydrogens is 326 g/mol. The highest BCUT2D eigenvalue weighted by atomic mass is 16.1. The molecule has 3 aromatic rings. The van der Waals surface area contributed by atoms with E-state index in [2.05, 4.69) is 43.6 Å². The lowest BCUT2D eigenvalue weighted by atomic mass is 10.0. The molecule has 1 fully saturated rings. The number of nitrogens with one attached hydrogen (secondary N) is 2. The molecule has 0 radical (unpaired) electrons. The van der Waals surface area contributed by atoms with Crippen LogP contribution in [-0.4, -0.2) is 40.2 Å². The summed E-state index contributed by atoms with van der Waals surface area (Å²) in [6.07, 6.45) is 5.27. The third-order valence-electron chi connectivity index (χ3n) is 4.67. The van der Waals surface area contributed by atoms with Crippen molar-refractivity contribution < 1.29 is 4.79 Å². The molecule has 6 heteroatoms. The number of aromatic amines is 1. The fourth-order valence-electron chi connectivity index (χ4n) is 3.31. The SMILES string of the molecule is O=C(NC1CCCN(c2cc(-c3ccccc3)[nH]n2)C1)c1ccncc1. The van der Waals surface area contributed by atoms with Gasteiger partial charge in [0.15, 0.2) is 5.82 Å². The standard InChI is InChI=1S/C20H21N5O/c26-20(16-8-10-21-11-9-16)22-17-7-4-12-25(14-17)19-13-18(23-24-19)15-5-2-1-3-6-15/h1-3,5-6,8-11,13,17H,4,7,12,14H2,(H,22,26)(H,23,24). The van der Waals surface area contributed by atoms with Gasteiger partial charge in [-0.05, 0) is 30.5 Å². The second-order valence-corrected chi connectivity index (χ2v) is 6.50. The average molecular weight is 347 g/mol. The Bertz CT molecular complexity index is 862. The number of benzene rings is 1. The number of amides is 1. The number of anilines is 1. The van der Waals surface area contributed by atoms with Gasteiger partial charge in [-0.25, -0.2) is 0 Å². The van der Waals surface area contributed by atoms with E-state index in [1.54, 1.807) is 24.5 Å². The normalized spacial score (nSPS) is 17.1. The van der Waals surface area contributed by atoms with Crippen LogP contribution in [0.3, 0.4) is 0 Å². The first-order valence-corrected chi connectivity index (χ1v) is 8.86. The maximum atomic E-state index is 12.4. The zero-order chi connectivity index (χ0) is 17.8. The summed E-state index contributed by atoms with van der Waals surface area (Å²) in [5.41, 5.74) is 2.76. The number of aromatic nitrogens is 3. The van der Waals surface area contributed by atoms with Crippen molar-refractivity contribution >= 4 is 11.7 Å². The van der Waals surface area contributed by atoms with Crippen LogP contribution in [0.1, 0.15) is 23.2 Å². The Hall–Kier alpha value is -3.15. The van der Waals surface area contributed by atoms with Crippen LogP contribution in [0.2, 0.25) is 0 Å². The summed E-state index contributed by atoms with van der Waals surface area (Å²) in [6.45, 7) is 1.70. The number of rotatable bonds is 4. The molecule has 6 nitrogen and oxygen atoms in total. The Morgan fingerprint density at radius 2 is 1.96 bits per heavy atom. The van der Waals surface area contributed by atoms with Crippen LogP contribution in [0.15, 0.2) is 60.9 Å². The van der Waals surface area contributed by atoms with Crippen LogP contribution < -0.4 is 10.2 Å². The predicted octanol–water partition coefficient (Wildman–Crippen LogP) is 2.87. The first-order chi connectivity index (χ1) is 12.8. The zero-order valence-corrected chi connectivity index (χ0v) is 14.4. The number of hydrogen-bond donors (Lipinski definition) is 2. The summed E-state index contributed by atoms with van der Waals surface area (Å²) < 4.78 is 0. The maximum absolute atomic E-state index is 12.4. The third kappa shape index (κ3) is 3.59. The summed E-state index contributed by atoms with van der Waals surface area (Å²) in [7, 11) is 0. The van der Waals surface area contributed by atoms with Crippen molar-refractivity contribution in [3.63, 3.8) is 0 Å². The second-order valence-electron chi connectivity index (χ2n) is 6.50. The Morgan fingerprint density at radius 3 is 2.77 bits per heavy atom. The van der Waals surface area contributed by atoms with Crippen LogP contribution >= 0.6 is 0 Å². The highest BCUT2D eigenvalue weighted by Gasteiger charge is 2.23. The Balaban J connectivity index is 1.42. The molecule has 1 amide bonds. The molecule has 0 saturated carbocycles. The number of nitrogens with zero attached hydrogens (tertiary/aromatic N) is 3. The summed E-state index contributed by atoms with van der Waals surface area (Å²) in [5, 5.41) is 10.7. The molecule has 0 aliphatic carbocycles. The molecule has 1 saturated heterocycles. The minimum Gasteiger partial charge on any atom is -0.353 e. The highest BCUT2D eigenvalue weighted by Crippen LogP contribution is 2.24. The average Bonchev–Trinajstić information content (AvgIpc) is 3.20.